The average Bonchev–Trinajstić information content (AvgIpc) is 2.66. The van der Waals surface area contributed by atoms with E-state index in [-0.39, 0.29) is 6.04 Å². The van der Waals surface area contributed by atoms with Crippen LogP contribution in [-0.4, -0.2) is 14.5 Å². The number of hydrogen-bond donors (Lipinski definition) is 1. The number of anilines is 1. The van der Waals surface area contributed by atoms with Crippen molar-refractivity contribution in [3.63, 3.8) is 0 Å². The summed E-state index contributed by atoms with van der Waals surface area (Å²) >= 11 is 6.21. The molecule has 0 bridgehead atoms. The van der Waals surface area contributed by atoms with Gasteiger partial charge in [0.1, 0.15) is 5.52 Å². The second-order valence-corrected chi connectivity index (χ2v) is 5.33. The van der Waals surface area contributed by atoms with Crippen molar-refractivity contribution in [3.8, 4) is 0 Å². The molecule has 0 aliphatic heterocycles. The van der Waals surface area contributed by atoms with Crippen LogP contribution < -0.4 is 5.73 Å². The summed E-state index contributed by atoms with van der Waals surface area (Å²) in [6, 6.07) is 0.282. The first-order valence-corrected chi connectivity index (χ1v) is 6.69. The van der Waals surface area contributed by atoms with Crippen LogP contribution in [0.5, 0.6) is 0 Å². The molecule has 0 fully saturated rings. The standard InChI is InChI=1S/C13H19ClN4/c1-4-8(2)5-9(3)18-12-10(14)6-16-7-11(12)17-13(18)15/h6-9H,4-5H2,1-3H3,(H2,15,17). The fourth-order valence-corrected chi connectivity index (χ4v) is 2.57. The van der Waals surface area contributed by atoms with Gasteiger partial charge in [0.25, 0.3) is 0 Å². The molecule has 0 amide bonds. The highest BCUT2D eigenvalue weighted by Crippen LogP contribution is 2.30. The maximum absolute atomic E-state index is 6.21. The number of imidazole rings is 1. The molecule has 18 heavy (non-hydrogen) atoms. The molecule has 2 heterocycles. The third-order valence-electron chi connectivity index (χ3n) is 3.46. The maximum atomic E-state index is 6.21. The number of nitrogens with two attached hydrogens (primary N) is 1. The lowest BCUT2D eigenvalue weighted by Gasteiger charge is -2.19. The van der Waals surface area contributed by atoms with Gasteiger partial charge in [-0.15, -0.1) is 0 Å². The number of nitrogen functional groups attached to an aromatic ring is 1. The Kier molecular flexibility index (Phi) is 3.76. The summed E-state index contributed by atoms with van der Waals surface area (Å²) in [6.07, 6.45) is 5.55. The molecular formula is C13H19ClN4. The van der Waals surface area contributed by atoms with E-state index in [9.17, 15) is 0 Å². The summed E-state index contributed by atoms with van der Waals surface area (Å²) in [7, 11) is 0. The Bertz CT molecular complexity index is 549. The molecule has 0 aliphatic carbocycles. The number of aromatic nitrogens is 3. The van der Waals surface area contributed by atoms with E-state index in [1.807, 2.05) is 4.57 Å². The highest BCUT2D eigenvalue weighted by atomic mass is 35.5. The van der Waals surface area contributed by atoms with Gasteiger partial charge in [-0.2, -0.15) is 0 Å². The van der Waals surface area contributed by atoms with Crippen molar-refractivity contribution in [2.45, 2.75) is 39.7 Å². The minimum atomic E-state index is 0.282. The summed E-state index contributed by atoms with van der Waals surface area (Å²) in [5.74, 6) is 1.16. The third kappa shape index (κ3) is 2.29. The zero-order valence-electron chi connectivity index (χ0n) is 11.0. The van der Waals surface area contributed by atoms with Gasteiger partial charge < -0.3 is 10.3 Å². The summed E-state index contributed by atoms with van der Waals surface area (Å²) in [4.78, 5) is 8.36. The minimum Gasteiger partial charge on any atom is -0.369 e. The quantitative estimate of drug-likeness (QED) is 0.919. The van der Waals surface area contributed by atoms with Gasteiger partial charge in [0.2, 0.25) is 5.95 Å². The van der Waals surface area contributed by atoms with E-state index in [0.29, 0.717) is 16.9 Å². The summed E-state index contributed by atoms with van der Waals surface area (Å²) in [5.41, 5.74) is 7.65. The lowest BCUT2D eigenvalue weighted by Crippen LogP contribution is -2.12. The summed E-state index contributed by atoms with van der Waals surface area (Å²) in [6.45, 7) is 6.60. The first-order chi connectivity index (χ1) is 8.54. The van der Waals surface area contributed by atoms with Crippen LogP contribution in [0.25, 0.3) is 11.0 Å². The van der Waals surface area contributed by atoms with Crippen LogP contribution >= 0.6 is 11.6 Å². The van der Waals surface area contributed by atoms with Gasteiger partial charge in [-0.25, -0.2) is 4.98 Å². The number of rotatable bonds is 4. The van der Waals surface area contributed by atoms with Crippen molar-refractivity contribution in [1.29, 1.82) is 0 Å². The number of hydrogen-bond acceptors (Lipinski definition) is 3. The average molecular weight is 267 g/mol. The molecule has 0 radical (unpaired) electrons. The number of fused-ring (bicyclic) bond motifs is 1. The molecule has 0 aromatic carbocycles. The molecule has 5 heteroatoms. The number of halogens is 1. The smallest absolute Gasteiger partial charge is 0.201 e. The van der Waals surface area contributed by atoms with Crippen LogP contribution in [0.2, 0.25) is 5.02 Å². The zero-order valence-corrected chi connectivity index (χ0v) is 11.8. The molecule has 2 N–H and O–H groups in total. The fraction of sp³-hybridized carbons (Fsp3) is 0.538. The van der Waals surface area contributed by atoms with Crippen molar-refractivity contribution < 1.29 is 0 Å². The molecule has 2 aromatic rings. The monoisotopic (exact) mass is 266 g/mol. The van der Waals surface area contributed by atoms with Crippen molar-refractivity contribution >= 4 is 28.6 Å². The van der Waals surface area contributed by atoms with Crippen molar-refractivity contribution in [2.24, 2.45) is 5.92 Å². The van der Waals surface area contributed by atoms with E-state index < -0.39 is 0 Å². The third-order valence-corrected chi connectivity index (χ3v) is 3.73. The molecule has 0 spiro atoms. The van der Waals surface area contributed by atoms with Crippen LogP contribution in [0.15, 0.2) is 12.4 Å². The number of nitrogens with zero attached hydrogens (tertiary/aromatic N) is 3. The molecule has 98 valence electrons. The predicted octanol–water partition coefficient (Wildman–Crippen LogP) is 3.66. The highest BCUT2D eigenvalue weighted by Gasteiger charge is 2.18. The van der Waals surface area contributed by atoms with E-state index in [2.05, 4.69) is 30.7 Å². The van der Waals surface area contributed by atoms with Crippen molar-refractivity contribution in [3.05, 3.63) is 17.4 Å². The van der Waals surface area contributed by atoms with Crippen LogP contribution in [0.1, 0.15) is 39.7 Å². The second-order valence-electron chi connectivity index (χ2n) is 4.93. The summed E-state index contributed by atoms with van der Waals surface area (Å²) in [5, 5.41) is 0.604. The lowest BCUT2D eigenvalue weighted by molar-refractivity contribution is 0.407. The molecule has 2 atom stereocenters. The molecule has 0 saturated carbocycles. The molecular weight excluding hydrogens is 248 g/mol. The molecule has 2 unspecified atom stereocenters. The Balaban J connectivity index is 2.46. The highest BCUT2D eigenvalue weighted by molar-refractivity contribution is 6.34. The maximum Gasteiger partial charge on any atom is 0.201 e. The molecule has 0 saturated heterocycles. The molecule has 0 aliphatic rings. The SMILES string of the molecule is CCC(C)CC(C)n1c(N)nc2cncc(Cl)c21. The topological polar surface area (TPSA) is 56.7 Å². The van der Waals surface area contributed by atoms with Gasteiger partial charge in [0, 0.05) is 12.2 Å². The van der Waals surface area contributed by atoms with E-state index in [0.717, 1.165) is 23.9 Å². The van der Waals surface area contributed by atoms with Gasteiger partial charge >= 0.3 is 0 Å². The normalized spacial score (nSPS) is 14.9. The van der Waals surface area contributed by atoms with E-state index in [1.54, 1.807) is 12.4 Å². The summed E-state index contributed by atoms with van der Waals surface area (Å²) < 4.78 is 2.02. The van der Waals surface area contributed by atoms with Crippen LogP contribution in [0.4, 0.5) is 5.95 Å². The number of pyridine rings is 1. The van der Waals surface area contributed by atoms with Gasteiger partial charge in [-0.05, 0) is 19.3 Å². The molecule has 2 aromatic heterocycles. The van der Waals surface area contributed by atoms with Gasteiger partial charge in [-0.3, -0.25) is 4.98 Å². The van der Waals surface area contributed by atoms with Gasteiger partial charge in [-0.1, -0.05) is 31.9 Å². The van der Waals surface area contributed by atoms with Crippen LogP contribution in [0.3, 0.4) is 0 Å². The Labute approximate surface area is 112 Å². The predicted molar refractivity (Wildman–Crippen MR) is 75.7 cm³/mol. The first-order valence-electron chi connectivity index (χ1n) is 6.31. The molecule has 2 rings (SSSR count). The Morgan fingerprint density at radius 2 is 2.11 bits per heavy atom. The van der Waals surface area contributed by atoms with Crippen molar-refractivity contribution in [1.82, 2.24) is 14.5 Å². The molecule has 4 nitrogen and oxygen atoms in total. The van der Waals surface area contributed by atoms with Crippen molar-refractivity contribution in [2.75, 3.05) is 5.73 Å². The van der Waals surface area contributed by atoms with E-state index in [1.165, 1.54) is 0 Å². The van der Waals surface area contributed by atoms with E-state index in [4.69, 9.17) is 17.3 Å². The largest absolute Gasteiger partial charge is 0.369 e. The fourth-order valence-electron chi connectivity index (χ4n) is 2.33. The van der Waals surface area contributed by atoms with Crippen LogP contribution in [0, 0.1) is 5.92 Å². The minimum absolute atomic E-state index is 0.282. The second kappa shape index (κ2) is 5.14. The Morgan fingerprint density at radius 3 is 2.78 bits per heavy atom. The zero-order chi connectivity index (χ0) is 13.3. The van der Waals surface area contributed by atoms with Gasteiger partial charge in [0.15, 0.2) is 0 Å². The lowest BCUT2D eigenvalue weighted by atomic mass is 10.0. The first kappa shape index (κ1) is 13.1. The van der Waals surface area contributed by atoms with Gasteiger partial charge in [0.05, 0.1) is 16.7 Å². The van der Waals surface area contributed by atoms with Crippen LogP contribution in [-0.2, 0) is 0 Å². The Morgan fingerprint density at radius 1 is 1.39 bits per heavy atom. The van der Waals surface area contributed by atoms with E-state index >= 15 is 0 Å². The Hall–Kier alpha value is -1.29.